The molecule has 0 saturated carbocycles. The third-order valence-electron chi connectivity index (χ3n) is 3.77. The number of nitrogens with zero attached hydrogens (tertiary/aromatic N) is 4. The van der Waals surface area contributed by atoms with Gasteiger partial charge in [-0.1, -0.05) is 0 Å². The highest BCUT2D eigenvalue weighted by molar-refractivity contribution is 5.05. The summed E-state index contributed by atoms with van der Waals surface area (Å²) in [6.07, 6.45) is 4.08. The third kappa shape index (κ3) is 2.51. The van der Waals surface area contributed by atoms with Crippen LogP contribution in [0.15, 0.2) is 12.4 Å². The number of rotatable bonds is 3. The predicted octanol–water partition coefficient (Wildman–Crippen LogP) is -0.490. The van der Waals surface area contributed by atoms with E-state index in [0.717, 1.165) is 25.7 Å². The van der Waals surface area contributed by atoms with E-state index in [1.54, 1.807) is 0 Å². The van der Waals surface area contributed by atoms with Crippen LogP contribution in [0.1, 0.15) is 5.56 Å². The van der Waals surface area contributed by atoms with Gasteiger partial charge in [0.05, 0.1) is 6.20 Å². The molecule has 1 aromatic rings. The topological polar surface area (TPSA) is 36.3 Å². The Labute approximate surface area is 102 Å². The van der Waals surface area contributed by atoms with Gasteiger partial charge in [-0.15, -0.1) is 0 Å². The molecule has 0 unspecified atom stereocenters. The molecule has 1 N–H and O–H groups in total. The molecule has 3 heterocycles. The maximum Gasteiger partial charge on any atom is 0.0534 e. The molecule has 5 nitrogen and oxygen atoms in total. The number of aromatic nitrogens is 2. The SMILES string of the molecule is Cn1cc(CN2CC(N3CCNCC3)C2)cn1. The number of likely N-dealkylation sites (tertiary alicyclic amines) is 1. The number of hydrogen-bond donors (Lipinski definition) is 1. The van der Waals surface area contributed by atoms with Crippen molar-refractivity contribution >= 4 is 0 Å². The van der Waals surface area contributed by atoms with Crippen molar-refractivity contribution in [3.63, 3.8) is 0 Å². The van der Waals surface area contributed by atoms with Crippen molar-refractivity contribution in [3.05, 3.63) is 18.0 Å². The Morgan fingerprint density at radius 2 is 2.12 bits per heavy atom. The fraction of sp³-hybridized carbons (Fsp3) is 0.750. The van der Waals surface area contributed by atoms with Crippen molar-refractivity contribution in [3.8, 4) is 0 Å². The molecule has 0 radical (unpaired) electrons. The molecule has 2 fully saturated rings. The van der Waals surface area contributed by atoms with E-state index >= 15 is 0 Å². The molecule has 2 aliphatic heterocycles. The second kappa shape index (κ2) is 4.76. The van der Waals surface area contributed by atoms with Crippen molar-refractivity contribution in [1.29, 1.82) is 0 Å². The van der Waals surface area contributed by atoms with E-state index in [4.69, 9.17) is 0 Å². The Bertz CT molecular complexity index is 363. The molecular weight excluding hydrogens is 214 g/mol. The lowest BCUT2D eigenvalue weighted by atomic mass is 10.1. The van der Waals surface area contributed by atoms with E-state index < -0.39 is 0 Å². The van der Waals surface area contributed by atoms with Crippen LogP contribution in [0.3, 0.4) is 0 Å². The maximum atomic E-state index is 4.21. The number of piperazine rings is 1. The van der Waals surface area contributed by atoms with E-state index in [1.165, 1.54) is 31.7 Å². The molecule has 0 spiro atoms. The highest BCUT2D eigenvalue weighted by Gasteiger charge is 2.32. The minimum absolute atomic E-state index is 0.786. The molecule has 17 heavy (non-hydrogen) atoms. The van der Waals surface area contributed by atoms with Gasteiger partial charge in [0.2, 0.25) is 0 Å². The molecule has 0 atom stereocenters. The summed E-state index contributed by atoms with van der Waals surface area (Å²) in [7, 11) is 1.98. The van der Waals surface area contributed by atoms with Gasteiger partial charge in [-0.3, -0.25) is 14.5 Å². The molecule has 2 aliphatic rings. The number of hydrogen-bond acceptors (Lipinski definition) is 4. The molecule has 1 aromatic heterocycles. The minimum atomic E-state index is 0.786. The zero-order valence-electron chi connectivity index (χ0n) is 10.5. The predicted molar refractivity (Wildman–Crippen MR) is 66.7 cm³/mol. The van der Waals surface area contributed by atoms with Crippen LogP contribution in [0.2, 0.25) is 0 Å². The van der Waals surface area contributed by atoms with Crippen LogP contribution in [0, 0.1) is 0 Å². The largest absolute Gasteiger partial charge is 0.314 e. The van der Waals surface area contributed by atoms with E-state index in [9.17, 15) is 0 Å². The van der Waals surface area contributed by atoms with E-state index in [2.05, 4.69) is 26.4 Å². The van der Waals surface area contributed by atoms with Crippen LogP contribution in [0.5, 0.6) is 0 Å². The Kier molecular flexibility index (Phi) is 3.13. The molecule has 0 bridgehead atoms. The fourth-order valence-corrected chi connectivity index (χ4v) is 2.76. The summed E-state index contributed by atoms with van der Waals surface area (Å²) in [4.78, 5) is 5.12. The number of aryl methyl sites for hydroxylation is 1. The van der Waals surface area contributed by atoms with Crippen molar-refractivity contribution < 1.29 is 0 Å². The zero-order valence-corrected chi connectivity index (χ0v) is 10.5. The van der Waals surface area contributed by atoms with Crippen LogP contribution < -0.4 is 5.32 Å². The summed E-state index contributed by atoms with van der Waals surface area (Å²) < 4.78 is 1.88. The van der Waals surface area contributed by atoms with Gasteiger partial charge in [-0.05, 0) is 0 Å². The van der Waals surface area contributed by atoms with Gasteiger partial charge in [0.25, 0.3) is 0 Å². The second-order valence-electron chi connectivity index (χ2n) is 5.16. The van der Waals surface area contributed by atoms with Gasteiger partial charge in [-0.25, -0.2) is 0 Å². The van der Waals surface area contributed by atoms with Gasteiger partial charge in [0.1, 0.15) is 0 Å². The van der Waals surface area contributed by atoms with Crippen LogP contribution >= 0.6 is 0 Å². The van der Waals surface area contributed by atoms with E-state index in [1.807, 2.05) is 17.9 Å². The van der Waals surface area contributed by atoms with Gasteiger partial charge in [0.15, 0.2) is 0 Å². The summed E-state index contributed by atoms with van der Waals surface area (Å²) in [6, 6.07) is 0.786. The monoisotopic (exact) mass is 235 g/mol. The molecule has 0 aromatic carbocycles. The molecule has 3 rings (SSSR count). The molecule has 0 aliphatic carbocycles. The molecule has 2 saturated heterocycles. The fourth-order valence-electron chi connectivity index (χ4n) is 2.76. The summed E-state index contributed by atoms with van der Waals surface area (Å²) in [5.74, 6) is 0. The van der Waals surface area contributed by atoms with Crippen molar-refractivity contribution in [1.82, 2.24) is 24.9 Å². The Balaban J connectivity index is 1.45. The normalized spacial score (nSPS) is 23.8. The molecular formula is C12H21N5. The van der Waals surface area contributed by atoms with Crippen LogP contribution in [0.25, 0.3) is 0 Å². The van der Waals surface area contributed by atoms with Gasteiger partial charge in [0, 0.05) is 70.7 Å². The van der Waals surface area contributed by atoms with Crippen molar-refractivity contribution in [2.75, 3.05) is 39.3 Å². The van der Waals surface area contributed by atoms with E-state index in [-0.39, 0.29) is 0 Å². The lowest BCUT2D eigenvalue weighted by Crippen LogP contribution is -2.62. The second-order valence-corrected chi connectivity index (χ2v) is 5.16. The lowest BCUT2D eigenvalue weighted by Gasteiger charge is -2.46. The maximum absolute atomic E-state index is 4.21. The highest BCUT2D eigenvalue weighted by Crippen LogP contribution is 2.17. The quantitative estimate of drug-likeness (QED) is 0.767. The molecule has 94 valence electrons. The van der Waals surface area contributed by atoms with Crippen molar-refractivity contribution in [2.45, 2.75) is 12.6 Å². The first-order valence-corrected chi connectivity index (χ1v) is 6.46. The first kappa shape index (κ1) is 11.2. The van der Waals surface area contributed by atoms with Crippen LogP contribution in [0.4, 0.5) is 0 Å². The van der Waals surface area contributed by atoms with E-state index in [0.29, 0.717) is 0 Å². The smallest absolute Gasteiger partial charge is 0.0534 e. The summed E-state index contributed by atoms with van der Waals surface area (Å²) in [5, 5.41) is 7.61. The molecule has 5 heteroatoms. The summed E-state index contributed by atoms with van der Waals surface area (Å²) in [5.41, 5.74) is 1.33. The van der Waals surface area contributed by atoms with Gasteiger partial charge in [-0.2, -0.15) is 5.10 Å². The third-order valence-corrected chi connectivity index (χ3v) is 3.77. The Hall–Kier alpha value is -0.910. The summed E-state index contributed by atoms with van der Waals surface area (Å²) >= 11 is 0. The first-order valence-electron chi connectivity index (χ1n) is 6.46. The van der Waals surface area contributed by atoms with Crippen LogP contribution in [-0.4, -0.2) is 64.9 Å². The van der Waals surface area contributed by atoms with Gasteiger partial charge < -0.3 is 5.32 Å². The lowest BCUT2D eigenvalue weighted by molar-refractivity contribution is 0.0223. The average Bonchev–Trinajstić information content (AvgIpc) is 2.70. The summed E-state index contributed by atoms with van der Waals surface area (Å²) in [6.45, 7) is 8.22. The highest BCUT2D eigenvalue weighted by atomic mass is 15.3. The zero-order chi connectivity index (χ0) is 11.7. The standard InChI is InChI=1S/C12H21N5/c1-15-7-11(6-14-15)8-16-9-12(10-16)17-4-2-13-3-5-17/h6-7,12-13H,2-5,8-10H2,1H3. The number of nitrogens with one attached hydrogen (secondary N) is 1. The van der Waals surface area contributed by atoms with Crippen LogP contribution in [-0.2, 0) is 13.6 Å². The molecule has 0 amide bonds. The van der Waals surface area contributed by atoms with Crippen molar-refractivity contribution in [2.24, 2.45) is 7.05 Å². The Morgan fingerprint density at radius 3 is 2.76 bits per heavy atom. The van der Waals surface area contributed by atoms with Gasteiger partial charge >= 0.3 is 0 Å². The average molecular weight is 235 g/mol. The Morgan fingerprint density at radius 1 is 1.35 bits per heavy atom. The minimum Gasteiger partial charge on any atom is -0.314 e. The first-order chi connectivity index (χ1) is 8.31.